The van der Waals surface area contributed by atoms with Crippen molar-refractivity contribution in [3.05, 3.63) is 23.8 Å². The van der Waals surface area contributed by atoms with E-state index in [2.05, 4.69) is 26.5 Å². The predicted octanol–water partition coefficient (Wildman–Crippen LogP) is 3.24. The maximum atomic E-state index is 11.6. The lowest BCUT2D eigenvalue weighted by Gasteiger charge is -2.47. The van der Waals surface area contributed by atoms with Gasteiger partial charge in [-0.1, -0.05) is 26.0 Å². The fourth-order valence-corrected chi connectivity index (χ4v) is 3.80. The number of allylic oxidation sites excluding steroid dienone is 1. The number of rotatable bonds is 0. The quantitative estimate of drug-likeness (QED) is 0.364. The summed E-state index contributed by atoms with van der Waals surface area (Å²) >= 11 is 0. The van der Waals surface area contributed by atoms with Crippen molar-refractivity contribution in [3.8, 4) is 0 Å². The van der Waals surface area contributed by atoms with Gasteiger partial charge in [-0.05, 0) is 43.1 Å². The Bertz CT molecular complexity index is 421. The third-order valence-electron chi connectivity index (χ3n) is 5.26. The van der Waals surface area contributed by atoms with E-state index < -0.39 is 0 Å². The molecule has 17 heavy (non-hydrogen) atoms. The van der Waals surface area contributed by atoms with Crippen molar-refractivity contribution in [1.82, 2.24) is 0 Å². The van der Waals surface area contributed by atoms with Crippen molar-refractivity contribution in [2.45, 2.75) is 45.6 Å². The van der Waals surface area contributed by atoms with Crippen LogP contribution in [0.4, 0.5) is 0 Å². The van der Waals surface area contributed by atoms with Crippen LogP contribution in [-0.2, 0) is 9.53 Å². The van der Waals surface area contributed by atoms with Crippen molar-refractivity contribution in [3.63, 3.8) is 0 Å². The molecule has 3 rings (SSSR count). The number of hydrogen-bond acceptors (Lipinski definition) is 2. The normalized spacial score (nSPS) is 44.8. The molecule has 2 nitrogen and oxygen atoms in total. The number of carbonyl (C=O) groups excluding carboxylic acids is 1. The van der Waals surface area contributed by atoms with Crippen molar-refractivity contribution in [2.24, 2.45) is 17.3 Å². The topological polar surface area (TPSA) is 26.3 Å². The molecule has 1 aliphatic heterocycles. The average molecular weight is 232 g/mol. The van der Waals surface area contributed by atoms with Crippen LogP contribution in [0.15, 0.2) is 23.8 Å². The minimum atomic E-state index is -0.188. The van der Waals surface area contributed by atoms with Gasteiger partial charge in [0.05, 0.1) is 0 Å². The van der Waals surface area contributed by atoms with Crippen LogP contribution in [-0.4, -0.2) is 12.1 Å². The second-order valence-corrected chi connectivity index (χ2v) is 6.11. The molecule has 2 fully saturated rings. The fraction of sp³-hybridized carbons (Fsp3) is 0.667. The third-order valence-corrected chi connectivity index (χ3v) is 5.26. The Kier molecular flexibility index (Phi) is 2.26. The molecule has 0 bridgehead atoms. The molecule has 1 saturated carbocycles. The molecule has 2 heteroatoms. The monoisotopic (exact) mass is 232 g/mol. The number of hydrogen-bond donors (Lipinski definition) is 0. The summed E-state index contributed by atoms with van der Waals surface area (Å²) in [5.74, 6) is 0.732. The molecule has 1 heterocycles. The van der Waals surface area contributed by atoms with Crippen molar-refractivity contribution < 1.29 is 9.53 Å². The minimum Gasteiger partial charge on any atom is -0.454 e. The van der Waals surface area contributed by atoms with Crippen LogP contribution in [0.3, 0.4) is 0 Å². The third kappa shape index (κ3) is 1.42. The highest BCUT2D eigenvalue weighted by molar-refractivity contribution is 5.91. The van der Waals surface area contributed by atoms with E-state index >= 15 is 0 Å². The van der Waals surface area contributed by atoms with Gasteiger partial charge in [-0.3, -0.25) is 0 Å². The Morgan fingerprint density at radius 2 is 2.29 bits per heavy atom. The van der Waals surface area contributed by atoms with E-state index in [4.69, 9.17) is 4.74 Å². The minimum absolute atomic E-state index is 0.0247. The Morgan fingerprint density at radius 3 is 3.06 bits per heavy atom. The first-order valence-corrected chi connectivity index (χ1v) is 6.63. The maximum Gasteiger partial charge on any atom is 0.334 e. The van der Waals surface area contributed by atoms with Gasteiger partial charge in [0.2, 0.25) is 0 Å². The van der Waals surface area contributed by atoms with Crippen molar-refractivity contribution >= 4 is 5.97 Å². The number of carbonyl (C=O) groups is 1. The molecule has 0 N–H and O–H groups in total. The van der Waals surface area contributed by atoms with E-state index in [1.807, 2.05) is 0 Å². The molecule has 2 aliphatic carbocycles. The van der Waals surface area contributed by atoms with Gasteiger partial charge >= 0.3 is 5.97 Å². The van der Waals surface area contributed by atoms with E-state index in [9.17, 15) is 4.79 Å². The molecule has 92 valence electrons. The zero-order valence-corrected chi connectivity index (χ0v) is 10.7. The lowest BCUT2D eigenvalue weighted by atomic mass is 9.58. The number of esters is 1. The van der Waals surface area contributed by atoms with Gasteiger partial charge in [-0.15, -0.1) is 0 Å². The van der Waals surface area contributed by atoms with Gasteiger partial charge in [-0.2, -0.15) is 0 Å². The molecule has 0 aromatic carbocycles. The first kappa shape index (κ1) is 11.1. The number of ether oxygens (including phenoxy) is 1. The molecule has 0 aromatic rings. The lowest BCUT2D eigenvalue weighted by Crippen LogP contribution is -2.39. The average Bonchev–Trinajstić information content (AvgIpc) is 2.55. The first-order chi connectivity index (χ1) is 8.02. The molecule has 0 aromatic heterocycles. The van der Waals surface area contributed by atoms with E-state index in [0.717, 1.165) is 6.42 Å². The van der Waals surface area contributed by atoms with Crippen molar-refractivity contribution in [2.75, 3.05) is 0 Å². The van der Waals surface area contributed by atoms with Crippen LogP contribution < -0.4 is 0 Å². The van der Waals surface area contributed by atoms with Crippen LogP contribution in [0, 0.1) is 17.3 Å². The van der Waals surface area contributed by atoms with E-state index in [1.54, 1.807) is 0 Å². The SMILES string of the molecule is C=C1C(=O)O[C@@H]2C=C3CCC[C@H](C)[C@@]3(C)C[C@@H]12. The Hall–Kier alpha value is -1.05. The zero-order chi connectivity index (χ0) is 12.2. The summed E-state index contributed by atoms with van der Waals surface area (Å²) in [4.78, 5) is 11.6. The molecule has 3 aliphatic rings. The Labute approximate surface area is 103 Å². The summed E-state index contributed by atoms with van der Waals surface area (Å²) in [5.41, 5.74) is 2.46. The highest BCUT2D eigenvalue weighted by atomic mass is 16.5. The molecule has 0 amide bonds. The smallest absolute Gasteiger partial charge is 0.334 e. The lowest BCUT2D eigenvalue weighted by molar-refractivity contribution is -0.137. The van der Waals surface area contributed by atoms with Crippen LogP contribution in [0.5, 0.6) is 0 Å². The van der Waals surface area contributed by atoms with Crippen LogP contribution in [0.1, 0.15) is 39.5 Å². The maximum absolute atomic E-state index is 11.6. The largest absolute Gasteiger partial charge is 0.454 e. The molecule has 1 saturated heterocycles. The van der Waals surface area contributed by atoms with Crippen molar-refractivity contribution in [1.29, 1.82) is 0 Å². The Balaban J connectivity index is 2.00. The van der Waals surface area contributed by atoms with Gasteiger partial charge in [0, 0.05) is 11.5 Å². The summed E-state index contributed by atoms with van der Waals surface area (Å²) in [7, 11) is 0. The summed E-state index contributed by atoms with van der Waals surface area (Å²) in [5, 5.41) is 0. The molecule has 0 radical (unpaired) electrons. The second kappa shape index (κ2) is 3.47. The molecule has 4 atom stereocenters. The second-order valence-electron chi connectivity index (χ2n) is 6.11. The van der Waals surface area contributed by atoms with E-state index in [-0.39, 0.29) is 23.4 Å². The van der Waals surface area contributed by atoms with Gasteiger partial charge < -0.3 is 4.74 Å². The molecule has 0 spiro atoms. The molecular formula is C15H20O2. The van der Waals surface area contributed by atoms with Gasteiger partial charge in [0.1, 0.15) is 6.10 Å². The summed E-state index contributed by atoms with van der Waals surface area (Å²) in [6.07, 6.45) is 6.98. The zero-order valence-electron chi connectivity index (χ0n) is 10.7. The first-order valence-electron chi connectivity index (χ1n) is 6.63. The van der Waals surface area contributed by atoms with Crippen LogP contribution in [0.2, 0.25) is 0 Å². The summed E-state index contributed by atoms with van der Waals surface area (Å²) in [6, 6.07) is 0. The van der Waals surface area contributed by atoms with Gasteiger partial charge in [0.15, 0.2) is 0 Å². The number of fused-ring (bicyclic) bond motifs is 2. The van der Waals surface area contributed by atoms with Crippen LogP contribution >= 0.6 is 0 Å². The standard InChI is InChI=1S/C15H20O2/c1-9-5-4-6-11-7-13-12(8-15(9,11)3)10(2)14(16)17-13/h7,9,12-13H,2,4-6,8H2,1,3H3/t9-,12-,13+,15+/m0/s1. The highest BCUT2D eigenvalue weighted by Crippen LogP contribution is 2.54. The Morgan fingerprint density at radius 1 is 1.53 bits per heavy atom. The predicted molar refractivity (Wildman–Crippen MR) is 66.3 cm³/mol. The summed E-state index contributed by atoms with van der Waals surface area (Å²) in [6.45, 7) is 8.61. The fourth-order valence-electron chi connectivity index (χ4n) is 3.80. The van der Waals surface area contributed by atoms with Gasteiger partial charge in [0.25, 0.3) is 0 Å². The molecular weight excluding hydrogens is 212 g/mol. The summed E-state index contributed by atoms with van der Waals surface area (Å²) < 4.78 is 5.39. The highest BCUT2D eigenvalue weighted by Gasteiger charge is 2.49. The molecule has 0 unspecified atom stereocenters. The van der Waals surface area contributed by atoms with Gasteiger partial charge in [-0.25, -0.2) is 4.79 Å². The van der Waals surface area contributed by atoms with Crippen LogP contribution in [0.25, 0.3) is 0 Å². The van der Waals surface area contributed by atoms with E-state index in [0.29, 0.717) is 11.5 Å². The van der Waals surface area contributed by atoms with E-state index in [1.165, 1.54) is 24.8 Å².